The third kappa shape index (κ3) is 7.59. The predicted molar refractivity (Wildman–Crippen MR) is 93.8 cm³/mol. The summed E-state index contributed by atoms with van der Waals surface area (Å²) in [5.74, 6) is -5.51. The van der Waals surface area contributed by atoms with E-state index in [0.29, 0.717) is 32.2 Å². The Balaban J connectivity index is 0.00000625. The van der Waals surface area contributed by atoms with Crippen molar-refractivity contribution in [3.8, 4) is 0 Å². The summed E-state index contributed by atoms with van der Waals surface area (Å²) in [7, 11) is 1.54. The second-order valence-electron chi connectivity index (χ2n) is 5.26. The topological polar surface area (TPSA) is 70.7 Å². The first-order valence-corrected chi connectivity index (χ1v) is 7.81. The minimum Gasteiger partial charge on any atom is -0.383 e. The van der Waals surface area contributed by atoms with E-state index in [1.807, 2.05) is 6.92 Å². The van der Waals surface area contributed by atoms with Crippen molar-refractivity contribution in [1.29, 1.82) is 0 Å². The van der Waals surface area contributed by atoms with Crippen molar-refractivity contribution in [3.05, 3.63) is 29.6 Å². The standard InChI is InChI=1S/C16H22F3N3O3.ClH/c1-3-7-22(14(24)9-20-6-8-25-2)10-13(23)21-12-5-4-11(17)15(18)16(12)19;/h4-5,20H,3,6-10H2,1-2H3,(H,21,23);1H. The predicted octanol–water partition coefficient (Wildman–Crippen LogP) is 1.94. The molecule has 2 amide bonds. The summed E-state index contributed by atoms with van der Waals surface area (Å²) in [5, 5.41) is 5.02. The molecule has 148 valence electrons. The van der Waals surface area contributed by atoms with Crippen molar-refractivity contribution in [1.82, 2.24) is 10.2 Å². The molecule has 0 bridgehead atoms. The quantitative estimate of drug-likeness (QED) is 0.467. The van der Waals surface area contributed by atoms with E-state index in [9.17, 15) is 22.8 Å². The number of hydrogen-bond acceptors (Lipinski definition) is 4. The largest absolute Gasteiger partial charge is 0.383 e. The van der Waals surface area contributed by atoms with Gasteiger partial charge in [0.2, 0.25) is 11.8 Å². The van der Waals surface area contributed by atoms with E-state index in [-0.39, 0.29) is 31.4 Å². The molecular weight excluding hydrogens is 375 g/mol. The van der Waals surface area contributed by atoms with E-state index in [1.165, 1.54) is 12.0 Å². The molecule has 1 rings (SSSR count). The lowest BCUT2D eigenvalue weighted by atomic mass is 10.2. The smallest absolute Gasteiger partial charge is 0.244 e. The Morgan fingerprint density at radius 1 is 1.19 bits per heavy atom. The monoisotopic (exact) mass is 397 g/mol. The number of carbonyl (C=O) groups is 2. The average molecular weight is 398 g/mol. The maximum absolute atomic E-state index is 13.6. The molecule has 0 heterocycles. The Hall–Kier alpha value is -1.84. The molecular formula is C16H23ClF3N3O3. The molecule has 1 aromatic rings. The number of methoxy groups -OCH3 is 1. The maximum Gasteiger partial charge on any atom is 0.244 e. The number of benzene rings is 1. The van der Waals surface area contributed by atoms with E-state index in [0.717, 1.165) is 6.07 Å². The van der Waals surface area contributed by atoms with Gasteiger partial charge >= 0.3 is 0 Å². The average Bonchev–Trinajstić information content (AvgIpc) is 2.58. The van der Waals surface area contributed by atoms with Crippen LogP contribution in [-0.2, 0) is 14.3 Å². The molecule has 0 radical (unpaired) electrons. The number of ether oxygens (including phenoxy) is 1. The van der Waals surface area contributed by atoms with Crippen molar-refractivity contribution in [2.24, 2.45) is 0 Å². The Morgan fingerprint density at radius 2 is 1.88 bits per heavy atom. The van der Waals surface area contributed by atoms with Crippen LogP contribution in [0.25, 0.3) is 0 Å². The molecule has 0 unspecified atom stereocenters. The van der Waals surface area contributed by atoms with Gasteiger partial charge in [-0.3, -0.25) is 9.59 Å². The Kier molecular flexibility index (Phi) is 11.6. The van der Waals surface area contributed by atoms with Crippen LogP contribution in [-0.4, -0.2) is 56.6 Å². The normalized spacial score (nSPS) is 10.2. The van der Waals surface area contributed by atoms with Gasteiger partial charge in [-0.25, -0.2) is 13.2 Å². The third-order valence-electron chi connectivity index (χ3n) is 3.25. The lowest BCUT2D eigenvalue weighted by molar-refractivity contribution is -0.133. The fraction of sp³-hybridized carbons (Fsp3) is 0.500. The molecule has 26 heavy (non-hydrogen) atoms. The van der Waals surface area contributed by atoms with Crippen LogP contribution in [0.4, 0.5) is 18.9 Å². The van der Waals surface area contributed by atoms with Crippen LogP contribution < -0.4 is 10.6 Å². The van der Waals surface area contributed by atoms with Crippen molar-refractivity contribution in [2.75, 3.05) is 45.2 Å². The summed E-state index contributed by atoms with van der Waals surface area (Å²) >= 11 is 0. The number of amides is 2. The number of halogens is 4. The SMILES string of the molecule is CCCN(CC(=O)Nc1ccc(F)c(F)c1F)C(=O)CNCCOC.Cl. The fourth-order valence-corrected chi connectivity index (χ4v) is 2.03. The number of hydrogen-bond donors (Lipinski definition) is 2. The van der Waals surface area contributed by atoms with E-state index >= 15 is 0 Å². The van der Waals surface area contributed by atoms with Crippen molar-refractivity contribution in [3.63, 3.8) is 0 Å². The second kappa shape index (κ2) is 12.5. The Morgan fingerprint density at radius 3 is 2.50 bits per heavy atom. The van der Waals surface area contributed by atoms with Crippen LogP contribution in [0.15, 0.2) is 12.1 Å². The Labute approximate surface area is 156 Å². The van der Waals surface area contributed by atoms with Crippen LogP contribution in [0.5, 0.6) is 0 Å². The third-order valence-corrected chi connectivity index (χ3v) is 3.25. The molecule has 10 heteroatoms. The molecule has 0 aromatic heterocycles. The van der Waals surface area contributed by atoms with Crippen LogP contribution in [0.3, 0.4) is 0 Å². The summed E-state index contributed by atoms with van der Waals surface area (Å²) in [6, 6.07) is 1.63. The Bertz CT molecular complexity index is 606. The fourth-order valence-electron chi connectivity index (χ4n) is 2.03. The number of nitrogens with one attached hydrogen (secondary N) is 2. The molecule has 0 aliphatic rings. The minimum absolute atomic E-state index is 0. The molecule has 0 atom stereocenters. The highest BCUT2D eigenvalue weighted by molar-refractivity contribution is 5.94. The van der Waals surface area contributed by atoms with E-state index in [4.69, 9.17) is 4.74 Å². The first-order chi connectivity index (χ1) is 11.9. The van der Waals surface area contributed by atoms with Gasteiger partial charge in [-0.2, -0.15) is 0 Å². The zero-order valence-electron chi connectivity index (χ0n) is 14.6. The van der Waals surface area contributed by atoms with Gasteiger partial charge in [0.25, 0.3) is 0 Å². The van der Waals surface area contributed by atoms with Gasteiger partial charge < -0.3 is 20.3 Å². The van der Waals surface area contributed by atoms with Gasteiger partial charge in [0, 0.05) is 20.2 Å². The summed E-state index contributed by atoms with van der Waals surface area (Å²) < 4.78 is 44.5. The first kappa shape index (κ1) is 24.2. The summed E-state index contributed by atoms with van der Waals surface area (Å²) in [6.07, 6.45) is 0.622. The van der Waals surface area contributed by atoms with Gasteiger partial charge in [0.1, 0.15) is 0 Å². The van der Waals surface area contributed by atoms with Gasteiger partial charge in [-0.1, -0.05) is 6.92 Å². The zero-order chi connectivity index (χ0) is 18.8. The van der Waals surface area contributed by atoms with Gasteiger partial charge in [0.05, 0.1) is 25.4 Å². The highest BCUT2D eigenvalue weighted by atomic mass is 35.5. The van der Waals surface area contributed by atoms with Gasteiger partial charge in [-0.05, 0) is 18.6 Å². The zero-order valence-corrected chi connectivity index (χ0v) is 15.4. The highest BCUT2D eigenvalue weighted by Gasteiger charge is 2.19. The molecule has 0 fully saturated rings. The molecule has 0 spiro atoms. The molecule has 6 nitrogen and oxygen atoms in total. The maximum atomic E-state index is 13.6. The molecule has 1 aromatic carbocycles. The summed E-state index contributed by atoms with van der Waals surface area (Å²) in [5.41, 5.74) is -0.481. The van der Waals surface area contributed by atoms with Crippen LogP contribution >= 0.6 is 12.4 Å². The van der Waals surface area contributed by atoms with Gasteiger partial charge in [-0.15, -0.1) is 12.4 Å². The molecule has 0 saturated carbocycles. The van der Waals surface area contributed by atoms with E-state index in [2.05, 4.69) is 10.6 Å². The lowest BCUT2D eigenvalue weighted by Crippen LogP contribution is -2.43. The molecule has 2 N–H and O–H groups in total. The minimum atomic E-state index is -1.67. The van der Waals surface area contributed by atoms with Crippen molar-refractivity contribution >= 4 is 29.9 Å². The molecule has 0 aliphatic heterocycles. The van der Waals surface area contributed by atoms with E-state index < -0.39 is 29.0 Å². The summed E-state index contributed by atoms with van der Waals surface area (Å²) in [4.78, 5) is 25.4. The van der Waals surface area contributed by atoms with E-state index in [1.54, 1.807) is 0 Å². The van der Waals surface area contributed by atoms with Crippen LogP contribution in [0.2, 0.25) is 0 Å². The number of nitrogens with zero attached hydrogens (tertiary/aromatic N) is 1. The lowest BCUT2D eigenvalue weighted by Gasteiger charge is -2.22. The van der Waals surface area contributed by atoms with Crippen LogP contribution in [0, 0.1) is 17.5 Å². The van der Waals surface area contributed by atoms with Crippen LogP contribution in [0.1, 0.15) is 13.3 Å². The number of anilines is 1. The first-order valence-electron chi connectivity index (χ1n) is 7.81. The molecule has 0 aliphatic carbocycles. The highest BCUT2D eigenvalue weighted by Crippen LogP contribution is 2.19. The second-order valence-corrected chi connectivity index (χ2v) is 5.26. The van der Waals surface area contributed by atoms with Crippen molar-refractivity contribution < 1.29 is 27.5 Å². The molecule has 0 saturated heterocycles. The van der Waals surface area contributed by atoms with Crippen molar-refractivity contribution in [2.45, 2.75) is 13.3 Å². The summed E-state index contributed by atoms with van der Waals surface area (Å²) in [6.45, 7) is 2.79. The number of rotatable bonds is 10. The number of carbonyl (C=O) groups excluding carboxylic acids is 2. The van der Waals surface area contributed by atoms with Gasteiger partial charge in [0.15, 0.2) is 17.5 Å².